The third-order valence-corrected chi connectivity index (χ3v) is 5.81. The molecule has 126 valence electrons. The summed E-state index contributed by atoms with van der Waals surface area (Å²) in [5.74, 6) is 2.27. The Hall–Kier alpha value is -0.750. The molecule has 2 fully saturated rings. The van der Waals surface area contributed by atoms with Crippen molar-refractivity contribution < 1.29 is 9.53 Å². The summed E-state index contributed by atoms with van der Waals surface area (Å²) < 4.78 is 5.43. The Labute approximate surface area is 147 Å². The van der Waals surface area contributed by atoms with Crippen molar-refractivity contribution in [3.8, 4) is 0 Å². The van der Waals surface area contributed by atoms with Gasteiger partial charge in [-0.25, -0.2) is 0 Å². The first-order valence-electron chi connectivity index (χ1n) is 8.18. The van der Waals surface area contributed by atoms with Gasteiger partial charge in [-0.1, -0.05) is 11.6 Å². The zero-order valence-corrected chi connectivity index (χ0v) is 14.8. The number of hydrogen-bond donors (Lipinski definition) is 0. The van der Waals surface area contributed by atoms with E-state index in [4.69, 9.17) is 16.3 Å². The molecule has 0 saturated carbocycles. The van der Waals surface area contributed by atoms with E-state index >= 15 is 0 Å². The zero-order chi connectivity index (χ0) is 16.1. The maximum atomic E-state index is 12.9. The Bertz CT molecular complexity index is 520. The van der Waals surface area contributed by atoms with E-state index in [2.05, 4.69) is 9.80 Å². The van der Waals surface area contributed by atoms with Gasteiger partial charge in [-0.05, 0) is 36.4 Å². The quantitative estimate of drug-likeness (QED) is 0.835. The van der Waals surface area contributed by atoms with Crippen LogP contribution in [0.4, 0.5) is 0 Å². The SMILES string of the molecule is O=C(c1ccc(Cl)cc1)N1CCCSC[C@@H]1CN1CCOCC1. The molecule has 1 aromatic carbocycles. The normalized spacial score (nSPS) is 23.5. The molecule has 0 spiro atoms. The molecule has 4 nitrogen and oxygen atoms in total. The zero-order valence-electron chi connectivity index (χ0n) is 13.2. The predicted octanol–water partition coefficient (Wildman–Crippen LogP) is 2.62. The number of benzene rings is 1. The Morgan fingerprint density at radius 3 is 2.70 bits per heavy atom. The summed E-state index contributed by atoms with van der Waals surface area (Å²) in [5, 5.41) is 0.665. The van der Waals surface area contributed by atoms with Crippen LogP contribution < -0.4 is 0 Å². The van der Waals surface area contributed by atoms with Crippen LogP contribution in [-0.2, 0) is 4.74 Å². The van der Waals surface area contributed by atoms with Crippen molar-refractivity contribution in [2.45, 2.75) is 12.5 Å². The number of carbonyl (C=O) groups is 1. The summed E-state index contributed by atoms with van der Waals surface area (Å²) in [5.41, 5.74) is 0.730. The predicted molar refractivity (Wildman–Crippen MR) is 95.5 cm³/mol. The van der Waals surface area contributed by atoms with Crippen LogP contribution in [-0.4, -0.2) is 72.6 Å². The number of morpholine rings is 1. The van der Waals surface area contributed by atoms with E-state index in [1.807, 2.05) is 23.9 Å². The van der Waals surface area contributed by atoms with Gasteiger partial charge in [-0.2, -0.15) is 11.8 Å². The second kappa shape index (κ2) is 8.38. The number of carbonyl (C=O) groups excluding carboxylic acids is 1. The first kappa shape index (κ1) is 17.1. The molecule has 0 N–H and O–H groups in total. The van der Waals surface area contributed by atoms with Crippen molar-refractivity contribution in [2.75, 3.05) is 50.9 Å². The van der Waals surface area contributed by atoms with Gasteiger partial charge in [0.1, 0.15) is 0 Å². The number of ether oxygens (including phenoxy) is 1. The molecular weight excluding hydrogens is 332 g/mol. The maximum absolute atomic E-state index is 12.9. The number of amides is 1. The molecule has 2 aliphatic heterocycles. The summed E-state index contributed by atoms with van der Waals surface area (Å²) in [7, 11) is 0. The van der Waals surface area contributed by atoms with Crippen LogP contribution in [0.3, 0.4) is 0 Å². The largest absolute Gasteiger partial charge is 0.379 e. The van der Waals surface area contributed by atoms with Crippen LogP contribution in [0.15, 0.2) is 24.3 Å². The smallest absolute Gasteiger partial charge is 0.254 e. The fourth-order valence-corrected chi connectivity index (χ4v) is 4.27. The first-order chi connectivity index (χ1) is 11.2. The average molecular weight is 355 g/mol. The summed E-state index contributed by atoms with van der Waals surface area (Å²) in [4.78, 5) is 17.4. The van der Waals surface area contributed by atoms with Gasteiger partial charge in [0, 0.05) is 42.5 Å². The molecule has 6 heteroatoms. The molecule has 0 unspecified atom stereocenters. The van der Waals surface area contributed by atoms with Gasteiger partial charge in [-0.15, -0.1) is 0 Å². The standard InChI is InChI=1S/C17H23ClN2O2S/c18-15-4-2-14(3-5-15)17(21)20-6-1-11-23-13-16(20)12-19-7-9-22-10-8-19/h2-5,16H,1,6-13H2/t16-/m0/s1. The highest BCUT2D eigenvalue weighted by Crippen LogP contribution is 2.21. The molecule has 2 saturated heterocycles. The van der Waals surface area contributed by atoms with Gasteiger partial charge in [-0.3, -0.25) is 9.69 Å². The summed E-state index contributed by atoms with van der Waals surface area (Å²) in [6.07, 6.45) is 1.06. The summed E-state index contributed by atoms with van der Waals surface area (Å²) in [6, 6.07) is 7.50. The lowest BCUT2D eigenvalue weighted by Gasteiger charge is -2.35. The van der Waals surface area contributed by atoms with E-state index in [0.717, 1.165) is 62.9 Å². The lowest BCUT2D eigenvalue weighted by Crippen LogP contribution is -2.50. The number of hydrogen-bond acceptors (Lipinski definition) is 4. The Kier molecular flexibility index (Phi) is 6.22. The molecule has 0 aliphatic carbocycles. The third-order valence-electron chi connectivity index (χ3n) is 4.36. The minimum absolute atomic E-state index is 0.127. The Morgan fingerprint density at radius 2 is 1.96 bits per heavy atom. The maximum Gasteiger partial charge on any atom is 0.254 e. The minimum atomic E-state index is 0.127. The van der Waals surface area contributed by atoms with Crippen molar-refractivity contribution in [1.82, 2.24) is 9.80 Å². The fraction of sp³-hybridized carbons (Fsp3) is 0.588. The van der Waals surface area contributed by atoms with Crippen molar-refractivity contribution in [2.24, 2.45) is 0 Å². The molecule has 1 amide bonds. The average Bonchev–Trinajstić information content (AvgIpc) is 2.81. The molecule has 1 atom stereocenters. The molecule has 0 aromatic heterocycles. The monoisotopic (exact) mass is 354 g/mol. The molecule has 1 aromatic rings. The highest BCUT2D eigenvalue weighted by Gasteiger charge is 2.28. The van der Waals surface area contributed by atoms with Crippen molar-refractivity contribution in [3.05, 3.63) is 34.9 Å². The Morgan fingerprint density at radius 1 is 1.22 bits per heavy atom. The van der Waals surface area contributed by atoms with E-state index in [0.29, 0.717) is 5.02 Å². The van der Waals surface area contributed by atoms with Gasteiger partial charge < -0.3 is 9.64 Å². The molecule has 0 bridgehead atoms. The number of thioether (sulfide) groups is 1. The van der Waals surface area contributed by atoms with Crippen LogP contribution in [0.2, 0.25) is 5.02 Å². The van der Waals surface area contributed by atoms with Gasteiger partial charge in [0.05, 0.1) is 19.3 Å². The highest BCUT2D eigenvalue weighted by atomic mass is 35.5. The molecule has 2 heterocycles. The third kappa shape index (κ3) is 4.63. The van der Waals surface area contributed by atoms with E-state index < -0.39 is 0 Å². The minimum Gasteiger partial charge on any atom is -0.379 e. The molecule has 0 radical (unpaired) electrons. The number of rotatable bonds is 3. The lowest BCUT2D eigenvalue weighted by molar-refractivity contribution is 0.0245. The second-order valence-electron chi connectivity index (χ2n) is 6.00. The molecule has 2 aliphatic rings. The van der Waals surface area contributed by atoms with Crippen LogP contribution in [0.5, 0.6) is 0 Å². The number of halogens is 1. The van der Waals surface area contributed by atoms with Gasteiger partial charge in [0.2, 0.25) is 0 Å². The molecule has 23 heavy (non-hydrogen) atoms. The first-order valence-corrected chi connectivity index (χ1v) is 9.72. The fourth-order valence-electron chi connectivity index (χ4n) is 3.09. The van der Waals surface area contributed by atoms with Crippen molar-refractivity contribution >= 4 is 29.3 Å². The van der Waals surface area contributed by atoms with E-state index in [1.54, 1.807) is 12.1 Å². The van der Waals surface area contributed by atoms with Crippen LogP contribution >= 0.6 is 23.4 Å². The van der Waals surface area contributed by atoms with Crippen molar-refractivity contribution in [3.63, 3.8) is 0 Å². The van der Waals surface area contributed by atoms with Crippen molar-refractivity contribution in [1.29, 1.82) is 0 Å². The summed E-state index contributed by atoms with van der Waals surface area (Å²) >= 11 is 7.90. The summed E-state index contributed by atoms with van der Waals surface area (Å²) in [6.45, 7) is 5.30. The number of nitrogens with zero attached hydrogens (tertiary/aromatic N) is 2. The molecule has 3 rings (SSSR count). The van der Waals surface area contributed by atoms with E-state index in [9.17, 15) is 4.79 Å². The second-order valence-corrected chi connectivity index (χ2v) is 7.59. The van der Waals surface area contributed by atoms with Crippen LogP contribution in [0.25, 0.3) is 0 Å². The van der Waals surface area contributed by atoms with Crippen LogP contribution in [0.1, 0.15) is 16.8 Å². The van der Waals surface area contributed by atoms with E-state index in [1.165, 1.54) is 0 Å². The van der Waals surface area contributed by atoms with Crippen LogP contribution in [0, 0.1) is 0 Å². The lowest BCUT2D eigenvalue weighted by atomic mass is 10.1. The van der Waals surface area contributed by atoms with Gasteiger partial charge in [0.15, 0.2) is 0 Å². The van der Waals surface area contributed by atoms with Gasteiger partial charge in [0.25, 0.3) is 5.91 Å². The topological polar surface area (TPSA) is 32.8 Å². The Balaban J connectivity index is 1.72. The van der Waals surface area contributed by atoms with E-state index in [-0.39, 0.29) is 11.9 Å². The van der Waals surface area contributed by atoms with Gasteiger partial charge >= 0.3 is 0 Å². The molecular formula is C17H23ClN2O2S. The highest BCUT2D eigenvalue weighted by molar-refractivity contribution is 7.99.